The second-order valence-corrected chi connectivity index (χ2v) is 20.7. The zero-order chi connectivity index (χ0) is 28.7. The zero-order valence-corrected chi connectivity index (χ0v) is 27.7. The van der Waals surface area contributed by atoms with Gasteiger partial charge in [0.1, 0.15) is 6.10 Å². The Hall–Kier alpha value is -1.49. The molecule has 1 aliphatic heterocycles. The Morgan fingerprint density at radius 1 is 0.900 bits per heavy atom. The van der Waals surface area contributed by atoms with Crippen molar-refractivity contribution in [1.29, 1.82) is 0 Å². The van der Waals surface area contributed by atoms with Crippen LogP contribution >= 0.6 is 0 Å². The van der Waals surface area contributed by atoms with Gasteiger partial charge in [0.2, 0.25) is 0 Å². The highest BCUT2D eigenvalue weighted by atomic mass is 28.4. The Balaban J connectivity index is 1.57. The van der Waals surface area contributed by atoms with Crippen LogP contribution in [0, 0.1) is 5.41 Å². The summed E-state index contributed by atoms with van der Waals surface area (Å²) in [5, 5.41) is 0.175. The van der Waals surface area contributed by atoms with Gasteiger partial charge in [0.15, 0.2) is 8.32 Å². The number of rotatable bonds is 5. The van der Waals surface area contributed by atoms with Crippen LogP contribution in [0.3, 0.4) is 0 Å². The van der Waals surface area contributed by atoms with Gasteiger partial charge in [0, 0.05) is 22.5 Å². The summed E-state index contributed by atoms with van der Waals surface area (Å²) in [5.74, 6) is 0.884. The quantitative estimate of drug-likeness (QED) is 0.341. The Bertz CT molecular complexity index is 1260. The molecule has 0 amide bonds. The molecule has 2 saturated carbocycles. The Morgan fingerprint density at radius 3 is 2.08 bits per heavy atom. The molecule has 40 heavy (non-hydrogen) atoms. The number of ether oxygens (including phenoxy) is 1. The van der Waals surface area contributed by atoms with E-state index in [1.165, 1.54) is 71.3 Å². The van der Waals surface area contributed by atoms with E-state index in [1.807, 2.05) is 0 Å². The van der Waals surface area contributed by atoms with Gasteiger partial charge >= 0.3 is 0 Å². The number of pyridine rings is 1. The van der Waals surface area contributed by atoms with Gasteiger partial charge in [-0.1, -0.05) is 92.0 Å². The first-order valence-corrected chi connectivity index (χ1v) is 19.2. The van der Waals surface area contributed by atoms with E-state index in [0.29, 0.717) is 17.3 Å². The second-order valence-electron chi connectivity index (χ2n) is 15.9. The molecule has 2 spiro atoms. The molecule has 4 heteroatoms. The minimum absolute atomic E-state index is 0.0439. The number of hydrogen-bond donors (Lipinski definition) is 0. The molecule has 2 heterocycles. The van der Waals surface area contributed by atoms with Crippen LogP contribution in [-0.2, 0) is 21.2 Å². The van der Waals surface area contributed by atoms with Crippen LogP contribution in [-0.4, -0.2) is 13.3 Å². The van der Waals surface area contributed by atoms with Gasteiger partial charge in [-0.05, 0) is 90.6 Å². The molecule has 2 atom stereocenters. The maximum absolute atomic E-state index is 7.46. The third-order valence-corrected chi connectivity index (χ3v) is 15.9. The van der Waals surface area contributed by atoms with Crippen molar-refractivity contribution in [2.45, 2.75) is 154 Å². The van der Waals surface area contributed by atoms with Crippen LogP contribution in [0.25, 0.3) is 0 Å². The van der Waals surface area contributed by atoms with E-state index in [2.05, 4.69) is 85.8 Å². The lowest BCUT2D eigenvalue weighted by Gasteiger charge is -2.51. The molecular formula is C36H53NO2Si. The summed E-state index contributed by atoms with van der Waals surface area (Å²) < 4.78 is 14.8. The highest BCUT2D eigenvalue weighted by Crippen LogP contribution is 2.62. The molecule has 0 N–H and O–H groups in total. The van der Waals surface area contributed by atoms with Gasteiger partial charge in [0.25, 0.3) is 0 Å². The van der Waals surface area contributed by atoms with Crippen molar-refractivity contribution < 1.29 is 9.16 Å². The van der Waals surface area contributed by atoms with Crippen LogP contribution in [0.15, 0.2) is 24.3 Å². The molecule has 3 aliphatic carbocycles. The molecule has 3 nitrogen and oxygen atoms in total. The van der Waals surface area contributed by atoms with Crippen molar-refractivity contribution in [1.82, 2.24) is 4.98 Å². The molecule has 0 radical (unpaired) electrons. The predicted molar refractivity (Wildman–Crippen MR) is 168 cm³/mol. The standard InChI is InChI=1S/C36H53NO2Si/c1-23(2)25-13-15-26(16-14-25)33-30-31(36(38-33)19-10-11-20-36)29-27(37-32(30)24(3)4)21-35(17-12-18-35)22-28(29)39-40(8,9)34(5,6)7/h13-16,23-24,28,33H,10-12,17-22H2,1-9H3. The van der Waals surface area contributed by atoms with E-state index in [1.54, 1.807) is 0 Å². The van der Waals surface area contributed by atoms with E-state index in [-0.39, 0.29) is 22.8 Å². The summed E-state index contributed by atoms with van der Waals surface area (Å²) in [4.78, 5) is 5.64. The average molecular weight is 560 g/mol. The Kier molecular flexibility index (Phi) is 6.99. The van der Waals surface area contributed by atoms with E-state index in [9.17, 15) is 0 Å². The van der Waals surface area contributed by atoms with Crippen molar-refractivity contribution in [3.8, 4) is 0 Å². The maximum atomic E-state index is 7.46. The normalized spacial score (nSPS) is 25.1. The monoisotopic (exact) mass is 559 g/mol. The van der Waals surface area contributed by atoms with Crippen molar-refractivity contribution in [3.05, 3.63) is 63.5 Å². The maximum Gasteiger partial charge on any atom is 0.192 e. The van der Waals surface area contributed by atoms with Crippen LogP contribution in [0.5, 0.6) is 0 Å². The largest absolute Gasteiger partial charge is 0.410 e. The average Bonchev–Trinajstić information content (AvgIpc) is 3.46. The van der Waals surface area contributed by atoms with E-state index >= 15 is 0 Å². The van der Waals surface area contributed by atoms with E-state index in [4.69, 9.17) is 14.1 Å². The second kappa shape index (κ2) is 9.78. The summed E-state index contributed by atoms with van der Waals surface area (Å²) in [6, 6.07) is 9.28. The minimum Gasteiger partial charge on any atom is -0.410 e. The fourth-order valence-electron chi connectivity index (χ4n) is 7.92. The third kappa shape index (κ3) is 4.56. The summed E-state index contributed by atoms with van der Waals surface area (Å²) in [6.07, 6.45) is 11.1. The van der Waals surface area contributed by atoms with Crippen molar-refractivity contribution >= 4 is 8.32 Å². The molecular weight excluding hydrogens is 506 g/mol. The number of benzene rings is 1. The fraction of sp³-hybridized carbons (Fsp3) is 0.694. The molecule has 2 fully saturated rings. The number of hydrogen-bond acceptors (Lipinski definition) is 3. The van der Waals surface area contributed by atoms with Gasteiger partial charge in [-0.15, -0.1) is 0 Å². The van der Waals surface area contributed by atoms with Gasteiger partial charge in [-0.3, -0.25) is 4.98 Å². The smallest absolute Gasteiger partial charge is 0.192 e. The molecule has 0 bridgehead atoms. The Morgan fingerprint density at radius 2 is 1.55 bits per heavy atom. The van der Waals surface area contributed by atoms with Gasteiger partial charge in [0.05, 0.1) is 11.7 Å². The fourth-order valence-corrected chi connectivity index (χ4v) is 9.19. The first-order valence-electron chi connectivity index (χ1n) is 16.3. The zero-order valence-electron chi connectivity index (χ0n) is 26.7. The van der Waals surface area contributed by atoms with Gasteiger partial charge in [-0.2, -0.15) is 0 Å². The first kappa shape index (κ1) is 28.6. The molecule has 1 aromatic carbocycles. The topological polar surface area (TPSA) is 31.4 Å². The molecule has 2 unspecified atom stereocenters. The van der Waals surface area contributed by atoms with Crippen LogP contribution in [0.4, 0.5) is 0 Å². The lowest BCUT2D eigenvalue weighted by atomic mass is 9.59. The lowest BCUT2D eigenvalue weighted by Crippen LogP contribution is -2.46. The highest BCUT2D eigenvalue weighted by Gasteiger charge is 2.55. The van der Waals surface area contributed by atoms with Crippen LogP contribution in [0.1, 0.15) is 163 Å². The summed E-state index contributed by atoms with van der Waals surface area (Å²) in [7, 11) is -2.00. The SMILES string of the molecule is CC(C)c1ccc(C2OC3(CCCC3)c3c4c(nc(C(C)C)c32)CC2(CCC2)CC4O[Si](C)(C)C(C)(C)C)cc1. The highest BCUT2D eigenvalue weighted by molar-refractivity contribution is 6.74. The van der Waals surface area contributed by atoms with E-state index in [0.717, 1.165) is 25.7 Å². The van der Waals surface area contributed by atoms with Crippen LogP contribution in [0.2, 0.25) is 18.1 Å². The molecule has 0 saturated heterocycles. The van der Waals surface area contributed by atoms with E-state index < -0.39 is 8.32 Å². The summed E-state index contributed by atoms with van der Waals surface area (Å²) in [5.41, 5.74) is 9.82. The molecule has 4 aliphatic rings. The minimum atomic E-state index is -2.00. The summed E-state index contributed by atoms with van der Waals surface area (Å²) in [6.45, 7) is 21.2. The van der Waals surface area contributed by atoms with Gasteiger partial charge in [-0.25, -0.2) is 0 Å². The van der Waals surface area contributed by atoms with Crippen molar-refractivity contribution in [2.24, 2.45) is 5.41 Å². The number of aromatic nitrogens is 1. The summed E-state index contributed by atoms with van der Waals surface area (Å²) >= 11 is 0. The third-order valence-electron chi connectivity index (χ3n) is 11.4. The number of nitrogens with zero attached hydrogens (tertiary/aromatic N) is 1. The van der Waals surface area contributed by atoms with Crippen molar-refractivity contribution in [3.63, 3.8) is 0 Å². The molecule has 1 aromatic heterocycles. The Labute approximate surface area is 245 Å². The molecule has 218 valence electrons. The first-order chi connectivity index (χ1) is 18.8. The van der Waals surface area contributed by atoms with Crippen molar-refractivity contribution in [2.75, 3.05) is 0 Å². The predicted octanol–water partition coefficient (Wildman–Crippen LogP) is 10.4. The van der Waals surface area contributed by atoms with Gasteiger partial charge < -0.3 is 9.16 Å². The van der Waals surface area contributed by atoms with Crippen LogP contribution < -0.4 is 0 Å². The molecule has 6 rings (SSSR count). The lowest BCUT2D eigenvalue weighted by molar-refractivity contribution is -0.0584. The molecule has 2 aromatic rings. The number of fused-ring (bicyclic) bond motifs is 4.